The SMILES string of the molecule is COc1cccc(C2CCN(c3ccc(C#N)cn3)CC2)c1. The standard InChI is InChI=1S/C18H19N3O/c1-22-17-4-2-3-16(11-17)15-7-9-21(10-8-15)18-6-5-14(12-19)13-20-18/h2-6,11,13,15H,7-10H2,1H3. The predicted octanol–water partition coefficient (Wildman–Crippen LogP) is 3.35. The van der Waals surface area contributed by atoms with E-state index in [9.17, 15) is 0 Å². The van der Waals surface area contributed by atoms with Gasteiger partial charge in [0.15, 0.2) is 0 Å². The molecule has 0 bridgehead atoms. The molecule has 2 aromatic rings. The third-order valence-corrected chi connectivity index (χ3v) is 4.26. The fourth-order valence-electron chi connectivity index (χ4n) is 2.98. The first-order valence-corrected chi connectivity index (χ1v) is 7.55. The number of methoxy groups -OCH3 is 1. The molecule has 1 aromatic carbocycles. The lowest BCUT2D eigenvalue weighted by molar-refractivity contribution is 0.412. The summed E-state index contributed by atoms with van der Waals surface area (Å²) < 4.78 is 5.31. The van der Waals surface area contributed by atoms with Crippen LogP contribution in [0.15, 0.2) is 42.6 Å². The summed E-state index contributed by atoms with van der Waals surface area (Å²) in [5.41, 5.74) is 1.96. The first-order valence-electron chi connectivity index (χ1n) is 7.55. The summed E-state index contributed by atoms with van der Waals surface area (Å²) in [5, 5.41) is 8.83. The summed E-state index contributed by atoms with van der Waals surface area (Å²) >= 11 is 0. The van der Waals surface area contributed by atoms with Crippen molar-refractivity contribution in [2.45, 2.75) is 18.8 Å². The Bertz CT molecular complexity index is 667. The summed E-state index contributed by atoms with van der Waals surface area (Å²) in [4.78, 5) is 6.67. The summed E-state index contributed by atoms with van der Waals surface area (Å²) in [5.74, 6) is 2.46. The summed E-state index contributed by atoms with van der Waals surface area (Å²) in [7, 11) is 1.71. The van der Waals surface area contributed by atoms with Crippen molar-refractivity contribution >= 4 is 5.82 Å². The van der Waals surface area contributed by atoms with Gasteiger partial charge in [-0.3, -0.25) is 0 Å². The van der Waals surface area contributed by atoms with Crippen LogP contribution in [0, 0.1) is 11.3 Å². The van der Waals surface area contributed by atoms with E-state index in [1.54, 1.807) is 13.3 Å². The number of nitrogens with zero attached hydrogens (tertiary/aromatic N) is 3. The minimum atomic E-state index is 0.574. The van der Waals surface area contributed by atoms with E-state index >= 15 is 0 Å². The number of anilines is 1. The van der Waals surface area contributed by atoms with E-state index in [0.717, 1.165) is 37.5 Å². The van der Waals surface area contributed by atoms with Crippen molar-refractivity contribution < 1.29 is 4.74 Å². The minimum absolute atomic E-state index is 0.574. The Morgan fingerprint density at radius 3 is 2.68 bits per heavy atom. The molecule has 22 heavy (non-hydrogen) atoms. The van der Waals surface area contributed by atoms with Gasteiger partial charge in [0.1, 0.15) is 17.6 Å². The molecule has 0 N–H and O–H groups in total. The van der Waals surface area contributed by atoms with Gasteiger partial charge in [0, 0.05) is 19.3 Å². The number of rotatable bonds is 3. The van der Waals surface area contributed by atoms with Crippen LogP contribution >= 0.6 is 0 Å². The topological polar surface area (TPSA) is 49.1 Å². The number of benzene rings is 1. The Labute approximate surface area is 131 Å². The van der Waals surface area contributed by atoms with Crippen LogP contribution < -0.4 is 9.64 Å². The average molecular weight is 293 g/mol. The van der Waals surface area contributed by atoms with E-state index in [-0.39, 0.29) is 0 Å². The lowest BCUT2D eigenvalue weighted by Gasteiger charge is -2.33. The van der Waals surface area contributed by atoms with Gasteiger partial charge in [0.05, 0.1) is 12.7 Å². The number of nitriles is 1. The number of pyridine rings is 1. The quantitative estimate of drug-likeness (QED) is 0.871. The van der Waals surface area contributed by atoms with Gasteiger partial charge in [0.25, 0.3) is 0 Å². The van der Waals surface area contributed by atoms with Crippen LogP contribution in [0.3, 0.4) is 0 Å². The van der Waals surface area contributed by atoms with Crippen molar-refractivity contribution in [2.24, 2.45) is 0 Å². The Morgan fingerprint density at radius 1 is 1.23 bits per heavy atom. The zero-order valence-electron chi connectivity index (χ0n) is 12.7. The van der Waals surface area contributed by atoms with Crippen molar-refractivity contribution in [1.29, 1.82) is 5.26 Å². The average Bonchev–Trinajstić information content (AvgIpc) is 2.62. The largest absolute Gasteiger partial charge is 0.497 e. The Morgan fingerprint density at radius 2 is 2.05 bits per heavy atom. The zero-order valence-corrected chi connectivity index (χ0v) is 12.7. The van der Waals surface area contributed by atoms with E-state index in [0.29, 0.717) is 11.5 Å². The zero-order chi connectivity index (χ0) is 15.4. The molecule has 112 valence electrons. The third-order valence-electron chi connectivity index (χ3n) is 4.26. The number of aromatic nitrogens is 1. The molecular weight excluding hydrogens is 274 g/mol. The van der Waals surface area contributed by atoms with Crippen LogP contribution in [-0.2, 0) is 0 Å². The molecule has 0 unspecified atom stereocenters. The maximum absolute atomic E-state index is 8.83. The van der Waals surface area contributed by atoms with Crippen LogP contribution in [0.5, 0.6) is 5.75 Å². The third kappa shape index (κ3) is 3.04. The molecule has 0 spiro atoms. The molecule has 1 fully saturated rings. The van der Waals surface area contributed by atoms with Crippen molar-refractivity contribution in [3.8, 4) is 11.8 Å². The molecular formula is C18H19N3O. The van der Waals surface area contributed by atoms with E-state index in [1.807, 2.05) is 18.2 Å². The molecule has 0 saturated carbocycles. The number of ether oxygens (including phenoxy) is 1. The van der Waals surface area contributed by atoms with Gasteiger partial charge in [-0.05, 0) is 48.6 Å². The first-order chi connectivity index (χ1) is 10.8. The molecule has 0 amide bonds. The normalized spacial score (nSPS) is 15.4. The second-order valence-electron chi connectivity index (χ2n) is 5.55. The summed E-state index contributed by atoms with van der Waals surface area (Å²) in [6, 6.07) is 14.2. The van der Waals surface area contributed by atoms with Gasteiger partial charge < -0.3 is 9.64 Å². The second kappa shape index (κ2) is 6.48. The monoisotopic (exact) mass is 293 g/mol. The molecule has 2 heterocycles. The molecule has 1 aliphatic heterocycles. The Kier molecular flexibility index (Phi) is 4.24. The number of piperidine rings is 1. The highest BCUT2D eigenvalue weighted by molar-refractivity contribution is 5.43. The van der Waals surface area contributed by atoms with Crippen molar-refractivity contribution in [2.75, 3.05) is 25.1 Å². The molecule has 1 saturated heterocycles. The summed E-state index contributed by atoms with van der Waals surface area (Å²) in [6.07, 6.45) is 3.85. The van der Waals surface area contributed by atoms with E-state index < -0.39 is 0 Å². The Balaban J connectivity index is 1.65. The van der Waals surface area contributed by atoms with Gasteiger partial charge >= 0.3 is 0 Å². The summed E-state index contributed by atoms with van der Waals surface area (Å²) in [6.45, 7) is 1.97. The maximum atomic E-state index is 8.83. The van der Waals surface area contributed by atoms with Crippen LogP contribution in [0.2, 0.25) is 0 Å². The van der Waals surface area contributed by atoms with Gasteiger partial charge in [-0.25, -0.2) is 4.98 Å². The van der Waals surface area contributed by atoms with E-state index in [4.69, 9.17) is 10.00 Å². The molecule has 1 aliphatic rings. The van der Waals surface area contributed by atoms with Gasteiger partial charge in [-0.1, -0.05) is 12.1 Å². The van der Waals surface area contributed by atoms with Crippen LogP contribution in [-0.4, -0.2) is 25.2 Å². The lowest BCUT2D eigenvalue weighted by Crippen LogP contribution is -2.33. The molecule has 4 nitrogen and oxygen atoms in total. The van der Waals surface area contributed by atoms with Crippen LogP contribution in [0.25, 0.3) is 0 Å². The lowest BCUT2D eigenvalue weighted by atomic mass is 9.89. The fraction of sp³-hybridized carbons (Fsp3) is 0.333. The Hall–Kier alpha value is -2.54. The maximum Gasteiger partial charge on any atom is 0.128 e. The molecule has 3 rings (SSSR count). The highest BCUT2D eigenvalue weighted by Crippen LogP contribution is 2.31. The van der Waals surface area contributed by atoms with Gasteiger partial charge in [0.2, 0.25) is 0 Å². The van der Waals surface area contributed by atoms with E-state index in [1.165, 1.54) is 5.56 Å². The van der Waals surface area contributed by atoms with Gasteiger partial charge in [-0.2, -0.15) is 5.26 Å². The first kappa shape index (κ1) is 14.4. The second-order valence-corrected chi connectivity index (χ2v) is 5.55. The van der Waals surface area contributed by atoms with Gasteiger partial charge in [-0.15, -0.1) is 0 Å². The number of hydrogen-bond acceptors (Lipinski definition) is 4. The number of hydrogen-bond donors (Lipinski definition) is 0. The molecule has 0 radical (unpaired) electrons. The van der Waals surface area contributed by atoms with Crippen molar-refractivity contribution in [3.63, 3.8) is 0 Å². The van der Waals surface area contributed by atoms with Crippen LogP contribution in [0.4, 0.5) is 5.82 Å². The van der Waals surface area contributed by atoms with Crippen molar-refractivity contribution in [3.05, 3.63) is 53.7 Å². The molecule has 0 aliphatic carbocycles. The minimum Gasteiger partial charge on any atom is -0.497 e. The van der Waals surface area contributed by atoms with E-state index in [2.05, 4.69) is 34.2 Å². The van der Waals surface area contributed by atoms with Crippen molar-refractivity contribution in [1.82, 2.24) is 4.98 Å². The van der Waals surface area contributed by atoms with Crippen LogP contribution in [0.1, 0.15) is 29.9 Å². The molecule has 1 aromatic heterocycles. The highest BCUT2D eigenvalue weighted by Gasteiger charge is 2.21. The fourth-order valence-corrected chi connectivity index (χ4v) is 2.98. The molecule has 4 heteroatoms. The highest BCUT2D eigenvalue weighted by atomic mass is 16.5. The molecule has 0 atom stereocenters. The predicted molar refractivity (Wildman–Crippen MR) is 86.1 cm³/mol. The smallest absolute Gasteiger partial charge is 0.128 e.